The third-order valence-electron chi connectivity index (χ3n) is 2.44. The number of urea groups is 1. The van der Waals surface area contributed by atoms with Crippen LogP contribution in [0.2, 0.25) is 0 Å². The van der Waals surface area contributed by atoms with Gasteiger partial charge < -0.3 is 20.4 Å². The molecule has 0 aliphatic carbocycles. The Morgan fingerprint density at radius 1 is 1.41 bits per heavy atom. The Bertz CT molecular complexity index is 246. The summed E-state index contributed by atoms with van der Waals surface area (Å²) in [5.74, 6) is -0.820. The molecule has 0 aromatic heterocycles. The van der Waals surface area contributed by atoms with E-state index in [1.165, 1.54) is 4.90 Å². The molecule has 6 nitrogen and oxygen atoms in total. The third-order valence-corrected chi connectivity index (χ3v) is 2.44. The zero-order valence-corrected chi connectivity index (χ0v) is 10.5. The number of carboxylic acids is 1. The van der Waals surface area contributed by atoms with Crippen molar-refractivity contribution in [1.82, 2.24) is 10.2 Å². The van der Waals surface area contributed by atoms with Crippen LogP contribution in [0.3, 0.4) is 0 Å². The maximum Gasteiger partial charge on any atom is 0.317 e. The van der Waals surface area contributed by atoms with Crippen LogP contribution in [0.15, 0.2) is 0 Å². The van der Waals surface area contributed by atoms with E-state index in [4.69, 9.17) is 10.2 Å². The SMILES string of the molecule is CCN(CCO)C(=O)NC(C)CCCC(=O)O. The van der Waals surface area contributed by atoms with Crippen molar-refractivity contribution < 1.29 is 19.8 Å². The molecule has 6 heteroatoms. The Labute approximate surface area is 102 Å². The quantitative estimate of drug-likeness (QED) is 0.586. The molecule has 0 aromatic carbocycles. The summed E-state index contributed by atoms with van der Waals surface area (Å²) in [4.78, 5) is 23.5. The van der Waals surface area contributed by atoms with Crippen LogP contribution in [0.1, 0.15) is 33.1 Å². The summed E-state index contributed by atoms with van der Waals surface area (Å²) in [6, 6.07) is -0.279. The fourth-order valence-corrected chi connectivity index (χ4v) is 1.46. The second kappa shape index (κ2) is 8.81. The lowest BCUT2D eigenvalue weighted by atomic mass is 10.1. The number of aliphatic carboxylic acids is 1. The summed E-state index contributed by atoms with van der Waals surface area (Å²) < 4.78 is 0. The molecule has 0 bridgehead atoms. The van der Waals surface area contributed by atoms with Crippen LogP contribution in [0.25, 0.3) is 0 Å². The molecule has 0 rings (SSSR count). The van der Waals surface area contributed by atoms with Gasteiger partial charge in [0.2, 0.25) is 0 Å². The standard InChI is InChI=1S/C11H22N2O4/c1-3-13(7-8-14)11(17)12-9(2)5-4-6-10(15)16/h9,14H,3-8H2,1-2H3,(H,12,17)(H,15,16). The van der Waals surface area contributed by atoms with Crippen LogP contribution in [-0.2, 0) is 4.79 Å². The van der Waals surface area contributed by atoms with Crippen LogP contribution in [0.4, 0.5) is 4.79 Å². The van der Waals surface area contributed by atoms with Gasteiger partial charge >= 0.3 is 12.0 Å². The van der Waals surface area contributed by atoms with Gasteiger partial charge in [-0.2, -0.15) is 0 Å². The van der Waals surface area contributed by atoms with Gasteiger partial charge in [0.1, 0.15) is 0 Å². The van der Waals surface area contributed by atoms with Gasteiger partial charge in [-0.3, -0.25) is 4.79 Å². The zero-order valence-electron chi connectivity index (χ0n) is 10.5. The van der Waals surface area contributed by atoms with Crippen molar-refractivity contribution in [1.29, 1.82) is 0 Å². The minimum Gasteiger partial charge on any atom is -0.481 e. The second-order valence-corrected chi connectivity index (χ2v) is 3.94. The van der Waals surface area contributed by atoms with Crippen molar-refractivity contribution in [2.24, 2.45) is 0 Å². The number of carboxylic acid groups (broad SMARTS) is 1. The predicted molar refractivity (Wildman–Crippen MR) is 63.8 cm³/mol. The van der Waals surface area contributed by atoms with E-state index >= 15 is 0 Å². The number of likely N-dealkylation sites (N-methyl/N-ethyl adjacent to an activating group) is 1. The van der Waals surface area contributed by atoms with E-state index in [1.54, 1.807) is 0 Å². The maximum atomic E-state index is 11.7. The topological polar surface area (TPSA) is 89.9 Å². The number of hydrogen-bond donors (Lipinski definition) is 3. The highest BCUT2D eigenvalue weighted by atomic mass is 16.4. The number of carbonyl (C=O) groups excluding carboxylic acids is 1. The summed E-state index contributed by atoms with van der Waals surface area (Å²) in [6.07, 6.45) is 1.30. The molecule has 0 aliphatic rings. The fraction of sp³-hybridized carbons (Fsp3) is 0.818. The monoisotopic (exact) mass is 246 g/mol. The number of nitrogens with one attached hydrogen (secondary N) is 1. The van der Waals surface area contributed by atoms with Crippen molar-refractivity contribution in [3.63, 3.8) is 0 Å². The highest BCUT2D eigenvalue weighted by Crippen LogP contribution is 2.01. The van der Waals surface area contributed by atoms with E-state index in [0.29, 0.717) is 25.9 Å². The molecule has 1 atom stereocenters. The number of aliphatic hydroxyl groups excluding tert-OH is 1. The molecular formula is C11H22N2O4. The molecule has 3 N–H and O–H groups in total. The average Bonchev–Trinajstić information content (AvgIpc) is 2.24. The van der Waals surface area contributed by atoms with E-state index in [0.717, 1.165) is 0 Å². The lowest BCUT2D eigenvalue weighted by Crippen LogP contribution is -2.44. The number of amides is 2. The number of carbonyl (C=O) groups is 2. The van der Waals surface area contributed by atoms with Gasteiger partial charge in [0.15, 0.2) is 0 Å². The second-order valence-electron chi connectivity index (χ2n) is 3.94. The van der Waals surface area contributed by atoms with Crippen molar-refractivity contribution >= 4 is 12.0 Å². The first kappa shape index (κ1) is 15.7. The first-order valence-corrected chi connectivity index (χ1v) is 5.89. The normalized spacial score (nSPS) is 11.9. The molecule has 0 spiro atoms. The molecular weight excluding hydrogens is 224 g/mol. The summed E-state index contributed by atoms with van der Waals surface area (Å²) in [6.45, 7) is 4.46. The fourth-order valence-electron chi connectivity index (χ4n) is 1.46. The Balaban J connectivity index is 3.88. The molecule has 0 saturated carbocycles. The van der Waals surface area contributed by atoms with Crippen molar-refractivity contribution in [2.45, 2.75) is 39.2 Å². The van der Waals surface area contributed by atoms with Gasteiger partial charge in [0, 0.05) is 25.6 Å². The number of hydrogen-bond acceptors (Lipinski definition) is 3. The minimum absolute atomic E-state index is 0.0606. The molecule has 0 heterocycles. The molecule has 17 heavy (non-hydrogen) atoms. The number of aliphatic hydroxyl groups is 1. The zero-order chi connectivity index (χ0) is 13.3. The molecule has 0 saturated heterocycles. The summed E-state index contributed by atoms with van der Waals surface area (Å²) in [7, 11) is 0. The lowest BCUT2D eigenvalue weighted by molar-refractivity contribution is -0.137. The largest absolute Gasteiger partial charge is 0.481 e. The van der Waals surface area contributed by atoms with E-state index in [2.05, 4.69) is 5.32 Å². The lowest BCUT2D eigenvalue weighted by Gasteiger charge is -2.23. The third kappa shape index (κ3) is 7.57. The molecule has 0 aromatic rings. The molecule has 1 unspecified atom stereocenters. The smallest absolute Gasteiger partial charge is 0.317 e. The summed E-state index contributed by atoms with van der Waals surface area (Å²) in [5, 5.41) is 20.0. The molecule has 2 amide bonds. The van der Waals surface area contributed by atoms with Gasteiger partial charge in [-0.25, -0.2) is 4.79 Å². The average molecular weight is 246 g/mol. The highest BCUT2D eigenvalue weighted by Gasteiger charge is 2.13. The van der Waals surface area contributed by atoms with E-state index in [1.807, 2.05) is 13.8 Å². The van der Waals surface area contributed by atoms with Crippen LogP contribution in [0.5, 0.6) is 0 Å². The van der Waals surface area contributed by atoms with Gasteiger partial charge in [0.05, 0.1) is 6.61 Å². The first-order chi connectivity index (χ1) is 8.01. The van der Waals surface area contributed by atoms with E-state index in [-0.39, 0.29) is 25.1 Å². The molecule has 100 valence electrons. The van der Waals surface area contributed by atoms with Crippen LogP contribution in [0, 0.1) is 0 Å². The number of rotatable bonds is 8. The summed E-state index contributed by atoms with van der Waals surface area (Å²) >= 11 is 0. The molecule has 0 fully saturated rings. The van der Waals surface area contributed by atoms with Crippen molar-refractivity contribution in [3.8, 4) is 0 Å². The minimum atomic E-state index is -0.820. The summed E-state index contributed by atoms with van der Waals surface area (Å²) in [5.41, 5.74) is 0. The van der Waals surface area contributed by atoms with E-state index < -0.39 is 5.97 Å². The Morgan fingerprint density at radius 2 is 2.06 bits per heavy atom. The Kier molecular flexibility index (Phi) is 8.13. The van der Waals surface area contributed by atoms with Gasteiger partial charge in [-0.15, -0.1) is 0 Å². The first-order valence-electron chi connectivity index (χ1n) is 5.89. The Hall–Kier alpha value is -1.30. The van der Waals surface area contributed by atoms with E-state index in [9.17, 15) is 9.59 Å². The molecule has 0 aliphatic heterocycles. The number of nitrogens with zero attached hydrogens (tertiary/aromatic N) is 1. The van der Waals surface area contributed by atoms with Gasteiger partial charge in [-0.05, 0) is 26.7 Å². The van der Waals surface area contributed by atoms with Crippen molar-refractivity contribution in [2.75, 3.05) is 19.7 Å². The maximum absolute atomic E-state index is 11.7. The van der Waals surface area contributed by atoms with Crippen LogP contribution in [-0.4, -0.2) is 52.9 Å². The van der Waals surface area contributed by atoms with Gasteiger partial charge in [0.25, 0.3) is 0 Å². The van der Waals surface area contributed by atoms with Crippen LogP contribution >= 0.6 is 0 Å². The van der Waals surface area contributed by atoms with Crippen molar-refractivity contribution in [3.05, 3.63) is 0 Å². The predicted octanol–water partition coefficient (Wildman–Crippen LogP) is 0.654. The molecule has 0 radical (unpaired) electrons. The highest BCUT2D eigenvalue weighted by molar-refractivity contribution is 5.74. The van der Waals surface area contributed by atoms with Crippen LogP contribution < -0.4 is 5.32 Å². The van der Waals surface area contributed by atoms with Gasteiger partial charge in [-0.1, -0.05) is 0 Å². The Morgan fingerprint density at radius 3 is 2.53 bits per heavy atom.